The summed E-state index contributed by atoms with van der Waals surface area (Å²) in [4.78, 5) is 27.8. The lowest BCUT2D eigenvalue weighted by atomic mass is 10.1. The first kappa shape index (κ1) is 19.6. The number of halogens is 2. The minimum Gasteiger partial charge on any atom is -0.353 e. The van der Waals surface area contributed by atoms with Crippen molar-refractivity contribution in [1.29, 1.82) is 0 Å². The summed E-state index contributed by atoms with van der Waals surface area (Å²) in [5.74, 6) is -2.03. The van der Waals surface area contributed by atoms with Crippen LogP contribution in [0.15, 0.2) is 30.5 Å². The van der Waals surface area contributed by atoms with E-state index < -0.39 is 12.5 Å². The van der Waals surface area contributed by atoms with E-state index in [0.717, 1.165) is 49.6 Å². The summed E-state index contributed by atoms with van der Waals surface area (Å²) >= 11 is 0. The number of para-hydroxylation sites is 2. The van der Waals surface area contributed by atoms with Crippen LogP contribution in [0, 0.1) is 0 Å². The van der Waals surface area contributed by atoms with Gasteiger partial charge < -0.3 is 15.1 Å². The number of hydrogen-bond donors (Lipinski definition) is 1. The molecule has 1 amide bonds. The number of rotatable bonds is 3. The van der Waals surface area contributed by atoms with E-state index in [1.54, 1.807) is 0 Å². The molecule has 0 saturated carbocycles. The first-order valence-corrected chi connectivity index (χ1v) is 10.6. The molecule has 2 aromatic rings. The topological polar surface area (TPSA) is 64.6 Å². The Labute approximate surface area is 174 Å². The van der Waals surface area contributed by atoms with Crippen molar-refractivity contribution < 1.29 is 13.6 Å². The Kier molecular flexibility index (Phi) is 5.02. The first-order chi connectivity index (χ1) is 14.5. The van der Waals surface area contributed by atoms with E-state index >= 15 is 0 Å². The van der Waals surface area contributed by atoms with Crippen LogP contribution < -0.4 is 10.2 Å². The molecule has 0 unspecified atom stereocenters. The molecule has 5 rings (SSSR count). The van der Waals surface area contributed by atoms with Gasteiger partial charge in [0.2, 0.25) is 5.91 Å². The van der Waals surface area contributed by atoms with Crippen LogP contribution in [0.3, 0.4) is 0 Å². The molecule has 4 heterocycles. The molecule has 3 fully saturated rings. The molecule has 7 nitrogen and oxygen atoms in total. The minimum absolute atomic E-state index is 0.153. The molecule has 2 atom stereocenters. The fourth-order valence-electron chi connectivity index (χ4n) is 4.74. The molecule has 0 bridgehead atoms. The maximum absolute atomic E-state index is 13.4. The van der Waals surface area contributed by atoms with Crippen molar-refractivity contribution in [3.8, 4) is 0 Å². The highest BCUT2D eigenvalue weighted by atomic mass is 19.3. The van der Waals surface area contributed by atoms with E-state index in [0.29, 0.717) is 6.42 Å². The van der Waals surface area contributed by atoms with E-state index in [4.69, 9.17) is 4.98 Å². The van der Waals surface area contributed by atoms with Crippen molar-refractivity contribution >= 4 is 22.8 Å². The van der Waals surface area contributed by atoms with Gasteiger partial charge in [0.1, 0.15) is 5.82 Å². The average Bonchev–Trinajstić information content (AvgIpc) is 3.40. The quantitative estimate of drug-likeness (QED) is 0.815. The molecular weight excluding hydrogens is 390 g/mol. The lowest BCUT2D eigenvalue weighted by Gasteiger charge is -2.38. The van der Waals surface area contributed by atoms with Gasteiger partial charge in [-0.05, 0) is 18.6 Å². The molecule has 30 heavy (non-hydrogen) atoms. The zero-order valence-electron chi connectivity index (χ0n) is 16.8. The molecule has 9 heteroatoms. The normalized spacial score (nSPS) is 27.1. The Bertz CT molecular complexity index is 933. The molecule has 1 aromatic carbocycles. The number of hydrogen-bond acceptors (Lipinski definition) is 6. The second kappa shape index (κ2) is 7.70. The molecule has 1 N–H and O–H groups in total. The summed E-state index contributed by atoms with van der Waals surface area (Å²) in [7, 11) is 0. The summed E-state index contributed by atoms with van der Waals surface area (Å²) in [6.07, 6.45) is 2.28. The van der Waals surface area contributed by atoms with Crippen molar-refractivity contribution in [2.75, 3.05) is 50.7 Å². The van der Waals surface area contributed by atoms with Crippen molar-refractivity contribution in [1.82, 2.24) is 25.1 Å². The highest BCUT2D eigenvalue weighted by Crippen LogP contribution is 2.28. The smallest absolute Gasteiger partial charge is 0.267 e. The number of benzene rings is 1. The van der Waals surface area contributed by atoms with Crippen molar-refractivity contribution in [2.24, 2.45) is 0 Å². The van der Waals surface area contributed by atoms with Gasteiger partial charge >= 0.3 is 0 Å². The lowest BCUT2D eigenvalue weighted by molar-refractivity contribution is -0.133. The summed E-state index contributed by atoms with van der Waals surface area (Å²) in [6, 6.07) is 7.75. The monoisotopic (exact) mass is 416 g/mol. The lowest BCUT2D eigenvalue weighted by Crippen LogP contribution is -2.51. The van der Waals surface area contributed by atoms with Gasteiger partial charge in [-0.25, -0.2) is 13.8 Å². The molecule has 0 radical (unpaired) electrons. The number of fused-ring (bicyclic) bond motifs is 1. The van der Waals surface area contributed by atoms with E-state index in [1.165, 1.54) is 4.90 Å². The molecule has 160 valence electrons. The van der Waals surface area contributed by atoms with Gasteiger partial charge in [0, 0.05) is 51.7 Å². The Balaban J connectivity index is 1.16. The molecule has 0 spiro atoms. The number of nitrogens with one attached hydrogen (secondary N) is 1. The molecule has 3 saturated heterocycles. The van der Waals surface area contributed by atoms with Crippen molar-refractivity contribution in [3.63, 3.8) is 0 Å². The zero-order chi connectivity index (χ0) is 20.7. The van der Waals surface area contributed by atoms with Gasteiger partial charge in [0.25, 0.3) is 5.92 Å². The van der Waals surface area contributed by atoms with Crippen LogP contribution in [-0.4, -0.2) is 89.5 Å². The van der Waals surface area contributed by atoms with E-state index in [-0.39, 0.29) is 31.0 Å². The van der Waals surface area contributed by atoms with Gasteiger partial charge in [0.05, 0.1) is 29.8 Å². The number of amides is 1. The molecule has 0 aliphatic carbocycles. The SMILES string of the molecule is O=C([C@@H]1C[C@H](N2CCN(c3cnc4ccccc4n3)CC2)CN1)N1CCC(F)(F)C1. The van der Waals surface area contributed by atoms with Crippen molar-refractivity contribution in [2.45, 2.75) is 30.8 Å². The third-order valence-electron chi connectivity index (χ3n) is 6.48. The Hall–Kier alpha value is -2.39. The van der Waals surface area contributed by atoms with E-state index in [2.05, 4.69) is 20.1 Å². The highest BCUT2D eigenvalue weighted by Gasteiger charge is 2.43. The Morgan fingerprint density at radius 2 is 1.87 bits per heavy atom. The van der Waals surface area contributed by atoms with Crippen LogP contribution >= 0.6 is 0 Å². The third kappa shape index (κ3) is 3.83. The van der Waals surface area contributed by atoms with Crippen LogP contribution in [0.5, 0.6) is 0 Å². The highest BCUT2D eigenvalue weighted by molar-refractivity contribution is 5.82. The molecule has 1 aromatic heterocycles. The van der Waals surface area contributed by atoms with Gasteiger partial charge in [-0.1, -0.05) is 12.1 Å². The number of piperazine rings is 1. The number of carbonyl (C=O) groups excluding carboxylic acids is 1. The summed E-state index contributed by atoms with van der Waals surface area (Å²) in [5.41, 5.74) is 1.79. The molecule has 3 aliphatic heterocycles. The van der Waals surface area contributed by atoms with Crippen molar-refractivity contribution in [3.05, 3.63) is 30.5 Å². The number of anilines is 1. The maximum atomic E-state index is 13.4. The second-order valence-corrected chi connectivity index (χ2v) is 8.46. The number of nitrogens with zero attached hydrogens (tertiary/aromatic N) is 5. The predicted octanol–water partition coefficient (Wildman–Crippen LogP) is 1.35. The number of likely N-dealkylation sites (tertiary alicyclic amines) is 1. The summed E-state index contributed by atoms with van der Waals surface area (Å²) in [6.45, 7) is 3.88. The largest absolute Gasteiger partial charge is 0.353 e. The van der Waals surface area contributed by atoms with Gasteiger partial charge in [0.15, 0.2) is 0 Å². The molecule has 3 aliphatic rings. The van der Waals surface area contributed by atoms with Gasteiger partial charge in [-0.3, -0.25) is 14.7 Å². The standard InChI is InChI=1S/C21H26F2N6O/c22-21(23)5-6-29(14-21)20(30)18-11-15(12-24-18)27-7-9-28(10-8-27)19-13-25-16-3-1-2-4-17(16)26-19/h1-4,13,15,18,24H,5-12,14H2/t15-,18-/m0/s1. The van der Waals surface area contributed by atoms with Crippen LogP contribution in [0.25, 0.3) is 11.0 Å². The first-order valence-electron chi connectivity index (χ1n) is 10.6. The van der Waals surface area contributed by atoms with Crippen LogP contribution in [-0.2, 0) is 4.79 Å². The Morgan fingerprint density at radius 1 is 1.10 bits per heavy atom. The van der Waals surface area contributed by atoms with Crippen LogP contribution in [0.1, 0.15) is 12.8 Å². The van der Waals surface area contributed by atoms with Gasteiger partial charge in [-0.2, -0.15) is 0 Å². The number of carbonyl (C=O) groups is 1. The zero-order valence-corrected chi connectivity index (χ0v) is 16.8. The summed E-state index contributed by atoms with van der Waals surface area (Å²) in [5, 5.41) is 3.26. The van der Waals surface area contributed by atoms with Gasteiger partial charge in [-0.15, -0.1) is 0 Å². The number of alkyl halides is 2. The van der Waals surface area contributed by atoms with Crippen LogP contribution in [0.4, 0.5) is 14.6 Å². The second-order valence-electron chi connectivity index (χ2n) is 8.46. The minimum atomic E-state index is -2.74. The summed E-state index contributed by atoms with van der Waals surface area (Å²) < 4.78 is 26.9. The fraction of sp³-hybridized carbons (Fsp3) is 0.571. The average molecular weight is 416 g/mol. The third-order valence-corrected chi connectivity index (χ3v) is 6.48. The fourth-order valence-corrected chi connectivity index (χ4v) is 4.74. The number of aromatic nitrogens is 2. The molecular formula is C21H26F2N6O. The predicted molar refractivity (Wildman–Crippen MR) is 110 cm³/mol. The van der Waals surface area contributed by atoms with E-state index in [9.17, 15) is 13.6 Å². The van der Waals surface area contributed by atoms with Crippen LogP contribution in [0.2, 0.25) is 0 Å². The Morgan fingerprint density at radius 3 is 2.60 bits per heavy atom. The van der Waals surface area contributed by atoms with E-state index in [1.807, 2.05) is 30.5 Å². The maximum Gasteiger partial charge on any atom is 0.267 e.